The number of fused-ring (bicyclic) bond motifs is 2. The van der Waals surface area contributed by atoms with Gasteiger partial charge in [-0.2, -0.15) is 4.98 Å². The largest absolute Gasteiger partial charge is 0.324 e. The van der Waals surface area contributed by atoms with Gasteiger partial charge in [-0.05, 0) is 38.5 Å². The van der Waals surface area contributed by atoms with Gasteiger partial charge in [0.1, 0.15) is 5.82 Å². The summed E-state index contributed by atoms with van der Waals surface area (Å²) in [5.74, 6) is 1.98. The summed E-state index contributed by atoms with van der Waals surface area (Å²) in [6.07, 6.45) is 6.06. The minimum Gasteiger partial charge on any atom is -0.324 e. The molecule has 1 aromatic carbocycles. The van der Waals surface area contributed by atoms with E-state index in [0.29, 0.717) is 17.8 Å². The van der Waals surface area contributed by atoms with Crippen LogP contribution in [-0.4, -0.2) is 33.2 Å². The molecule has 1 saturated heterocycles. The van der Waals surface area contributed by atoms with Crippen molar-refractivity contribution in [1.29, 1.82) is 0 Å². The Morgan fingerprint density at radius 1 is 1.07 bits per heavy atom. The Morgan fingerprint density at radius 3 is 2.62 bits per heavy atom. The average Bonchev–Trinajstić information content (AvgIpc) is 3.39. The molecule has 3 aromatic rings. The summed E-state index contributed by atoms with van der Waals surface area (Å²) in [5.41, 5.74) is 3.04. The highest BCUT2D eigenvalue weighted by atomic mass is 16.5. The van der Waals surface area contributed by atoms with Gasteiger partial charge in [-0.1, -0.05) is 35.5 Å². The van der Waals surface area contributed by atoms with Gasteiger partial charge < -0.3 is 14.4 Å². The first-order chi connectivity index (χ1) is 14.2. The van der Waals surface area contributed by atoms with Crippen LogP contribution in [0.3, 0.4) is 0 Å². The Hall–Kier alpha value is -2.96. The molecule has 0 radical (unpaired) electrons. The van der Waals surface area contributed by atoms with Crippen LogP contribution in [0.25, 0.3) is 11.4 Å². The van der Waals surface area contributed by atoms with Gasteiger partial charge >= 0.3 is 6.01 Å². The maximum Gasteiger partial charge on any atom is 0.324 e. The Morgan fingerprint density at radius 2 is 1.86 bits per heavy atom. The Kier molecular flexibility index (Phi) is 3.66. The second-order valence-electron chi connectivity index (χ2n) is 8.59. The number of nitrogens with zero attached hydrogens (tertiary/aromatic N) is 4. The molecule has 1 saturated carbocycles. The van der Waals surface area contributed by atoms with E-state index in [2.05, 4.69) is 20.0 Å². The Bertz CT molecular complexity index is 1110. The SMILES string of the molecule is O=c1[nH]c(C2CC2)nc2c1CCC21CCN(c2nc(-c3ccccc3)no2)CC1. The summed E-state index contributed by atoms with van der Waals surface area (Å²) < 4.78 is 5.55. The van der Waals surface area contributed by atoms with Crippen LogP contribution in [0.4, 0.5) is 6.01 Å². The van der Waals surface area contributed by atoms with E-state index in [1.54, 1.807) is 0 Å². The highest BCUT2D eigenvalue weighted by molar-refractivity contribution is 5.55. The molecular formula is C22H23N5O2. The number of piperidine rings is 1. The van der Waals surface area contributed by atoms with Crippen LogP contribution in [0.15, 0.2) is 39.6 Å². The molecule has 0 atom stereocenters. The Balaban J connectivity index is 1.24. The van der Waals surface area contributed by atoms with Crippen LogP contribution in [0.1, 0.15) is 55.1 Å². The predicted molar refractivity (Wildman–Crippen MR) is 108 cm³/mol. The highest BCUT2D eigenvalue weighted by Gasteiger charge is 2.45. The number of H-pyrrole nitrogens is 1. The summed E-state index contributed by atoms with van der Waals surface area (Å²) in [5, 5.41) is 4.15. The number of aromatic nitrogens is 4. The monoisotopic (exact) mass is 389 g/mol. The van der Waals surface area contributed by atoms with Gasteiger partial charge in [0.05, 0.1) is 5.69 Å². The molecule has 2 aliphatic carbocycles. The third-order valence-electron chi connectivity index (χ3n) is 6.79. The third kappa shape index (κ3) is 2.79. The van der Waals surface area contributed by atoms with Crippen molar-refractivity contribution in [3.05, 3.63) is 57.8 Å². The first-order valence-corrected chi connectivity index (χ1v) is 10.5. The van der Waals surface area contributed by atoms with Crippen molar-refractivity contribution in [1.82, 2.24) is 20.1 Å². The van der Waals surface area contributed by atoms with Gasteiger partial charge in [0.15, 0.2) is 0 Å². The second kappa shape index (κ2) is 6.27. The second-order valence-corrected chi connectivity index (χ2v) is 8.59. The fourth-order valence-corrected chi connectivity index (χ4v) is 4.88. The van der Waals surface area contributed by atoms with E-state index in [1.807, 2.05) is 30.3 Å². The normalized spacial score (nSPS) is 20.2. The lowest BCUT2D eigenvalue weighted by Gasteiger charge is -2.38. The zero-order valence-electron chi connectivity index (χ0n) is 16.2. The van der Waals surface area contributed by atoms with E-state index >= 15 is 0 Å². The van der Waals surface area contributed by atoms with Crippen molar-refractivity contribution in [3.63, 3.8) is 0 Å². The van der Waals surface area contributed by atoms with Gasteiger partial charge in [0.2, 0.25) is 5.82 Å². The van der Waals surface area contributed by atoms with Gasteiger partial charge in [-0.3, -0.25) is 4.79 Å². The van der Waals surface area contributed by atoms with E-state index in [-0.39, 0.29) is 11.0 Å². The lowest BCUT2D eigenvalue weighted by Crippen LogP contribution is -2.42. The van der Waals surface area contributed by atoms with E-state index in [0.717, 1.165) is 74.3 Å². The van der Waals surface area contributed by atoms with Crippen molar-refractivity contribution in [2.75, 3.05) is 18.0 Å². The maximum atomic E-state index is 12.6. The van der Waals surface area contributed by atoms with Crippen LogP contribution < -0.4 is 10.5 Å². The average molecular weight is 389 g/mol. The van der Waals surface area contributed by atoms with Crippen LogP contribution in [0.2, 0.25) is 0 Å². The zero-order valence-corrected chi connectivity index (χ0v) is 16.2. The molecule has 6 rings (SSSR count). The summed E-state index contributed by atoms with van der Waals surface area (Å²) in [6, 6.07) is 10.5. The molecule has 29 heavy (non-hydrogen) atoms. The van der Waals surface area contributed by atoms with Crippen LogP contribution in [0.5, 0.6) is 0 Å². The van der Waals surface area contributed by atoms with Crippen molar-refractivity contribution in [2.24, 2.45) is 0 Å². The summed E-state index contributed by atoms with van der Waals surface area (Å²) in [6.45, 7) is 1.67. The molecule has 1 aliphatic heterocycles. The lowest BCUT2D eigenvalue weighted by molar-refractivity contribution is 0.306. The molecule has 2 aromatic heterocycles. The van der Waals surface area contributed by atoms with E-state index < -0.39 is 0 Å². The predicted octanol–water partition coefficient (Wildman–Crippen LogP) is 3.18. The minimum absolute atomic E-state index is 0.0199. The molecule has 0 bridgehead atoms. The van der Waals surface area contributed by atoms with Crippen LogP contribution in [-0.2, 0) is 11.8 Å². The topological polar surface area (TPSA) is 87.9 Å². The first kappa shape index (κ1) is 16.9. The molecular weight excluding hydrogens is 366 g/mol. The van der Waals surface area contributed by atoms with Crippen LogP contribution >= 0.6 is 0 Å². The Labute approximate surface area is 168 Å². The number of nitrogens with one attached hydrogen (secondary N) is 1. The number of benzene rings is 1. The number of aromatic amines is 1. The number of anilines is 1. The quantitative estimate of drug-likeness (QED) is 0.740. The standard InChI is InChI=1S/C22H23N5O2/c28-20-16-8-9-22(17(16)23-18(24-20)15-6-7-15)10-12-27(13-11-22)21-25-19(26-29-21)14-4-2-1-3-5-14/h1-5,15H,6-13H2,(H,23,24,28). The molecule has 0 unspecified atom stereocenters. The molecule has 0 amide bonds. The molecule has 2 fully saturated rings. The van der Waals surface area contributed by atoms with Gasteiger partial charge in [0, 0.05) is 35.5 Å². The summed E-state index contributed by atoms with van der Waals surface area (Å²) >= 11 is 0. The zero-order chi connectivity index (χ0) is 19.4. The first-order valence-electron chi connectivity index (χ1n) is 10.5. The number of hydrogen-bond donors (Lipinski definition) is 1. The van der Waals surface area contributed by atoms with Crippen LogP contribution in [0, 0.1) is 0 Å². The maximum absolute atomic E-state index is 12.6. The molecule has 7 heteroatoms. The van der Waals surface area contributed by atoms with Crippen molar-refractivity contribution in [3.8, 4) is 11.4 Å². The van der Waals surface area contributed by atoms with Crippen molar-refractivity contribution < 1.29 is 4.52 Å². The van der Waals surface area contributed by atoms with Gasteiger partial charge in [0.25, 0.3) is 5.56 Å². The summed E-state index contributed by atoms with van der Waals surface area (Å²) in [4.78, 5) is 27.3. The fraction of sp³-hybridized carbons (Fsp3) is 0.455. The molecule has 3 heterocycles. The molecule has 1 spiro atoms. The lowest BCUT2D eigenvalue weighted by atomic mass is 9.76. The van der Waals surface area contributed by atoms with E-state index in [1.165, 1.54) is 0 Å². The fourth-order valence-electron chi connectivity index (χ4n) is 4.88. The summed E-state index contributed by atoms with van der Waals surface area (Å²) in [7, 11) is 0. The smallest absolute Gasteiger partial charge is 0.324 e. The molecule has 1 N–H and O–H groups in total. The third-order valence-corrected chi connectivity index (χ3v) is 6.79. The van der Waals surface area contributed by atoms with Crippen molar-refractivity contribution in [2.45, 2.75) is 49.9 Å². The highest BCUT2D eigenvalue weighted by Crippen LogP contribution is 2.46. The molecule has 148 valence electrons. The van der Waals surface area contributed by atoms with E-state index in [9.17, 15) is 4.79 Å². The number of hydrogen-bond acceptors (Lipinski definition) is 6. The molecule has 3 aliphatic rings. The minimum atomic E-state index is 0.0199. The molecule has 7 nitrogen and oxygen atoms in total. The van der Waals surface area contributed by atoms with Gasteiger partial charge in [-0.25, -0.2) is 4.98 Å². The van der Waals surface area contributed by atoms with E-state index in [4.69, 9.17) is 9.51 Å². The number of rotatable bonds is 3. The van der Waals surface area contributed by atoms with Gasteiger partial charge in [-0.15, -0.1) is 0 Å². The van der Waals surface area contributed by atoms with Crippen molar-refractivity contribution >= 4 is 6.01 Å².